The number of hydrogen-bond acceptors (Lipinski definition) is 5. The molecule has 7 nitrogen and oxygen atoms in total. The van der Waals surface area contributed by atoms with Crippen molar-refractivity contribution in [2.75, 3.05) is 7.11 Å². The highest BCUT2D eigenvalue weighted by Gasteiger charge is 2.41. The zero-order valence-corrected chi connectivity index (χ0v) is 16.5. The summed E-state index contributed by atoms with van der Waals surface area (Å²) >= 11 is 11.0. The molecule has 140 valence electrons. The molecule has 0 bridgehead atoms. The van der Waals surface area contributed by atoms with Crippen LogP contribution in [0.3, 0.4) is 0 Å². The number of nitrogens with one attached hydrogen (secondary N) is 2. The molecule has 1 unspecified atom stereocenters. The van der Waals surface area contributed by atoms with Crippen LogP contribution in [-0.4, -0.2) is 43.8 Å². The first-order valence-electron chi connectivity index (χ1n) is 7.17. The van der Waals surface area contributed by atoms with Gasteiger partial charge in [-0.2, -0.15) is 4.72 Å². The standard InChI is InChI=1S/C15H20Cl2N2O5S/c1-9-5-7-10(8-6-9)25(22,23)19-11(14(21)24-4)15(2,3)18-13(20)12(16)17/h5-8,11-12,19H,1-4H3,(H,18,20). The number of sulfonamides is 1. The molecule has 0 fully saturated rings. The van der Waals surface area contributed by atoms with E-state index in [4.69, 9.17) is 23.2 Å². The fraction of sp³-hybridized carbons (Fsp3) is 0.467. The average molecular weight is 411 g/mol. The van der Waals surface area contributed by atoms with Gasteiger partial charge in [-0.05, 0) is 32.9 Å². The van der Waals surface area contributed by atoms with E-state index in [1.165, 1.54) is 26.0 Å². The van der Waals surface area contributed by atoms with E-state index in [1.807, 2.05) is 6.92 Å². The molecule has 10 heteroatoms. The van der Waals surface area contributed by atoms with Crippen molar-refractivity contribution in [1.82, 2.24) is 10.0 Å². The number of carbonyl (C=O) groups excluding carboxylic acids is 2. The van der Waals surface area contributed by atoms with Gasteiger partial charge in [-0.1, -0.05) is 40.9 Å². The van der Waals surface area contributed by atoms with E-state index >= 15 is 0 Å². The normalized spacial score (nSPS) is 13.4. The van der Waals surface area contributed by atoms with E-state index in [0.717, 1.165) is 12.7 Å². The summed E-state index contributed by atoms with van der Waals surface area (Å²) in [4.78, 5) is 22.5. The van der Waals surface area contributed by atoms with Crippen molar-refractivity contribution in [2.45, 2.75) is 42.1 Å². The van der Waals surface area contributed by atoms with Crippen LogP contribution < -0.4 is 10.0 Å². The molecule has 0 heterocycles. The molecule has 0 aliphatic rings. The first-order valence-corrected chi connectivity index (χ1v) is 9.53. The summed E-state index contributed by atoms with van der Waals surface area (Å²) in [6, 6.07) is 4.66. The molecule has 0 radical (unpaired) electrons. The smallest absolute Gasteiger partial charge is 0.326 e. The minimum atomic E-state index is -4.04. The minimum absolute atomic E-state index is 0.0262. The molecule has 1 aromatic rings. The van der Waals surface area contributed by atoms with Crippen LogP contribution in [0.5, 0.6) is 0 Å². The molecule has 0 spiro atoms. The van der Waals surface area contributed by atoms with Gasteiger partial charge in [-0.3, -0.25) is 9.59 Å². The van der Waals surface area contributed by atoms with Gasteiger partial charge in [0.05, 0.1) is 17.5 Å². The number of hydrogen-bond donors (Lipinski definition) is 2. The van der Waals surface area contributed by atoms with Crippen LogP contribution in [0.15, 0.2) is 29.2 Å². The lowest BCUT2D eigenvalue weighted by Gasteiger charge is -2.33. The zero-order chi connectivity index (χ0) is 19.4. The van der Waals surface area contributed by atoms with Gasteiger partial charge in [0.2, 0.25) is 10.0 Å². The van der Waals surface area contributed by atoms with Crippen molar-refractivity contribution in [3.05, 3.63) is 29.8 Å². The summed E-state index contributed by atoms with van der Waals surface area (Å²) in [6.07, 6.45) is 0. The Balaban J connectivity index is 3.17. The molecule has 0 aliphatic heterocycles. The largest absolute Gasteiger partial charge is 0.468 e. The molecule has 1 atom stereocenters. The van der Waals surface area contributed by atoms with Gasteiger partial charge >= 0.3 is 5.97 Å². The molecule has 0 aromatic heterocycles. The molecule has 1 amide bonds. The first kappa shape index (κ1) is 21.7. The molecule has 1 rings (SSSR count). The lowest BCUT2D eigenvalue weighted by Crippen LogP contribution is -2.62. The second-order valence-electron chi connectivity index (χ2n) is 5.90. The Kier molecular flexibility index (Phi) is 7.25. The summed E-state index contributed by atoms with van der Waals surface area (Å²) in [5.41, 5.74) is -0.476. The van der Waals surface area contributed by atoms with Crippen molar-refractivity contribution < 1.29 is 22.7 Å². The maximum atomic E-state index is 12.6. The van der Waals surface area contributed by atoms with Crippen molar-refractivity contribution in [3.63, 3.8) is 0 Å². The Hall–Kier alpha value is -1.35. The average Bonchev–Trinajstić information content (AvgIpc) is 2.51. The Morgan fingerprint density at radius 1 is 1.16 bits per heavy atom. The van der Waals surface area contributed by atoms with Crippen LogP contribution in [0, 0.1) is 6.92 Å². The van der Waals surface area contributed by atoms with Crippen LogP contribution in [0.2, 0.25) is 0 Å². The molecule has 0 saturated carbocycles. The van der Waals surface area contributed by atoms with Gasteiger partial charge < -0.3 is 10.1 Å². The summed E-state index contributed by atoms with van der Waals surface area (Å²) in [7, 11) is -2.93. The summed E-state index contributed by atoms with van der Waals surface area (Å²) in [5, 5.41) is 2.42. The van der Waals surface area contributed by atoms with E-state index in [0.29, 0.717) is 0 Å². The molecular weight excluding hydrogens is 391 g/mol. The third kappa shape index (κ3) is 5.85. The highest BCUT2D eigenvalue weighted by atomic mass is 35.5. The van der Waals surface area contributed by atoms with Crippen LogP contribution in [0.4, 0.5) is 0 Å². The van der Waals surface area contributed by atoms with Gasteiger partial charge in [0.25, 0.3) is 5.91 Å². The van der Waals surface area contributed by atoms with E-state index in [2.05, 4.69) is 14.8 Å². The van der Waals surface area contributed by atoms with Crippen LogP contribution in [-0.2, 0) is 24.3 Å². The number of amides is 1. The number of carbonyl (C=O) groups is 2. The number of rotatable bonds is 7. The topological polar surface area (TPSA) is 102 Å². The fourth-order valence-corrected chi connectivity index (χ4v) is 3.43. The number of esters is 1. The quantitative estimate of drug-likeness (QED) is 0.523. The third-order valence-corrected chi connectivity index (χ3v) is 5.24. The number of halogens is 2. The van der Waals surface area contributed by atoms with Crippen molar-refractivity contribution in [2.24, 2.45) is 0 Å². The molecule has 1 aromatic carbocycles. The maximum absolute atomic E-state index is 12.6. The van der Waals surface area contributed by atoms with Gasteiger partial charge in [0.15, 0.2) is 4.84 Å². The number of benzene rings is 1. The van der Waals surface area contributed by atoms with Crippen LogP contribution >= 0.6 is 23.2 Å². The van der Waals surface area contributed by atoms with Gasteiger partial charge in [-0.25, -0.2) is 8.42 Å². The van der Waals surface area contributed by atoms with E-state index < -0.39 is 38.3 Å². The Morgan fingerprint density at radius 3 is 2.12 bits per heavy atom. The SMILES string of the molecule is COC(=O)C(NS(=O)(=O)c1ccc(C)cc1)C(C)(C)NC(=O)C(Cl)Cl. The predicted octanol–water partition coefficient (Wildman–Crippen LogP) is 1.51. The molecule has 25 heavy (non-hydrogen) atoms. The molecule has 2 N–H and O–H groups in total. The lowest BCUT2D eigenvalue weighted by atomic mass is 9.95. The van der Waals surface area contributed by atoms with E-state index in [9.17, 15) is 18.0 Å². The maximum Gasteiger partial charge on any atom is 0.326 e. The number of methoxy groups -OCH3 is 1. The van der Waals surface area contributed by atoms with Crippen molar-refractivity contribution in [3.8, 4) is 0 Å². The summed E-state index contributed by atoms with van der Waals surface area (Å²) < 4.78 is 32.0. The fourth-order valence-electron chi connectivity index (χ4n) is 1.99. The molecule has 0 aliphatic carbocycles. The lowest BCUT2D eigenvalue weighted by molar-refractivity contribution is -0.144. The van der Waals surface area contributed by atoms with Crippen LogP contribution in [0.25, 0.3) is 0 Å². The Bertz CT molecular complexity index is 733. The highest BCUT2D eigenvalue weighted by molar-refractivity contribution is 7.89. The Morgan fingerprint density at radius 2 is 1.68 bits per heavy atom. The van der Waals surface area contributed by atoms with Gasteiger partial charge in [0.1, 0.15) is 6.04 Å². The summed E-state index contributed by atoms with van der Waals surface area (Å²) in [6.45, 7) is 4.70. The van der Waals surface area contributed by atoms with Crippen LogP contribution in [0.1, 0.15) is 19.4 Å². The predicted molar refractivity (Wildman–Crippen MR) is 95.0 cm³/mol. The Labute approximate surface area is 157 Å². The molecule has 0 saturated heterocycles. The zero-order valence-electron chi connectivity index (χ0n) is 14.2. The van der Waals surface area contributed by atoms with E-state index in [1.54, 1.807) is 12.1 Å². The number of alkyl halides is 2. The second-order valence-corrected chi connectivity index (χ2v) is 8.71. The third-order valence-electron chi connectivity index (χ3n) is 3.41. The highest BCUT2D eigenvalue weighted by Crippen LogP contribution is 2.17. The van der Waals surface area contributed by atoms with E-state index in [-0.39, 0.29) is 4.90 Å². The molecular formula is C15H20Cl2N2O5S. The monoisotopic (exact) mass is 410 g/mol. The summed E-state index contributed by atoms with van der Waals surface area (Å²) in [5.74, 6) is -1.64. The first-order chi connectivity index (χ1) is 11.4. The van der Waals surface area contributed by atoms with Gasteiger partial charge in [-0.15, -0.1) is 0 Å². The minimum Gasteiger partial charge on any atom is -0.468 e. The van der Waals surface area contributed by atoms with Crippen molar-refractivity contribution >= 4 is 45.1 Å². The van der Waals surface area contributed by atoms with Crippen molar-refractivity contribution in [1.29, 1.82) is 0 Å². The second kappa shape index (κ2) is 8.35. The number of aryl methyl sites for hydroxylation is 1. The number of ether oxygens (including phenoxy) is 1. The van der Waals surface area contributed by atoms with Gasteiger partial charge in [0, 0.05) is 0 Å².